The lowest BCUT2D eigenvalue weighted by atomic mass is 9.48. The number of allylic oxidation sites excluding steroid dienone is 2. The van der Waals surface area contributed by atoms with E-state index in [1.54, 1.807) is 0 Å². The highest BCUT2D eigenvalue weighted by atomic mass is 16.4. The Hall–Kier alpha value is -0.790. The Labute approximate surface area is 103 Å². The summed E-state index contributed by atoms with van der Waals surface area (Å²) in [5.74, 6) is 1.02. The summed E-state index contributed by atoms with van der Waals surface area (Å²) in [6.07, 6.45) is 4.81. The van der Waals surface area contributed by atoms with Crippen molar-refractivity contribution in [2.24, 2.45) is 34.5 Å². The molecule has 4 rings (SSSR count). The van der Waals surface area contributed by atoms with Crippen molar-refractivity contribution in [1.29, 1.82) is 0 Å². The summed E-state index contributed by atoms with van der Waals surface area (Å²) in [5.41, 5.74) is 1.84. The lowest BCUT2D eigenvalue weighted by molar-refractivity contribution is -0.139. The second kappa shape index (κ2) is 2.96. The molecule has 0 saturated heterocycles. The zero-order chi connectivity index (χ0) is 12.6. The van der Waals surface area contributed by atoms with Gasteiger partial charge in [0.25, 0.3) is 0 Å². The van der Waals surface area contributed by atoms with Crippen molar-refractivity contribution in [3.63, 3.8) is 0 Å². The zero-order valence-electron chi connectivity index (χ0n) is 11.2. The van der Waals surface area contributed by atoms with E-state index in [1.165, 1.54) is 12.0 Å². The number of rotatable bonds is 2. The molecule has 0 heterocycles. The molecule has 94 valence electrons. The number of carbonyl (C=O) groups is 1. The van der Waals surface area contributed by atoms with Crippen LogP contribution in [0.3, 0.4) is 0 Å². The van der Waals surface area contributed by atoms with Crippen LogP contribution in [0.15, 0.2) is 11.6 Å². The fourth-order valence-electron chi connectivity index (χ4n) is 4.47. The Morgan fingerprint density at radius 1 is 1.29 bits per heavy atom. The molecule has 0 aromatic carbocycles. The van der Waals surface area contributed by atoms with Crippen LogP contribution in [0.1, 0.15) is 40.5 Å². The average Bonchev–Trinajstić information content (AvgIpc) is 2.81. The molecule has 4 aliphatic carbocycles. The molecule has 2 heteroatoms. The summed E-state index contributed by atoms with van der Waals surface area (Å²) in [6, 6.07) is 0. The first-order valence-corrected chi connectivity index (χ1v) is 6.70. The quantitative estimate of drug-likeness (QED) is 0.744. The fraction of sp³-hybridized carbons (Fsp3) is 0.800. The van der Waals surface area contributed by atoms with Gasteiger partial charge in [0, 0.05) is 0 Å². The van der Waals surface area contributed by atoms with Gasteiger partial charge in [0.05, 0.1) is 5.92 Å². The highest BCUT2D eigenvalue weighted by Crippen LogP contribution is 2.69. The van der Waals surface area contributed by atoms with Gasteiger partial charge >= 0.3 is 5.97 Å². The molecule has 4 unspecified atom stereocenters. The standard InChI is InChI=1S/C15H22O2/c1-14(2)8-5-6-9(10(14)7-8)11-12(13(16)17)15(11,3)4/h6,8,10-12H,5,7H2,1-4H3,(H,16,17). The van der Waals surface area contributed by atoms with Crippen LogP contribution in [-0.2, 0) is 4.79 Å². The molecule has 17 heavy (non-hydrogen) atoms. The summed E-state index contributed by atoms with van der Waals surface area (Å²) in [4.78, 5) is 11.3. The summed E-state index contributed by atoms with van der Waals surface area (Å²) >= 11 is 0. The van der Waals surface area contributed by atoms with Crippen LogP contribution in [0.4, 0.5) is 0 Å². The predicted octanol–water partition coefficient (Wildman–Crippen LogP) is 3.34. The Bertz CT molecular complexity index is 417. The minimum absolute atomic E-state index is 0.0316. The molecule has 4 aliphatic rings. The van der Waals surface area contributed by atoms with Crippen molar-refractivity contribution in [2.45, 2.75) is 40.5 Å². The van der Waals surface area contributed by atoms with Gasteiger partial charge in [-0.3, -0.25) is 4.79 Å². The molecule has 0 radical (unpaired) electrons. The minimum Gasteiger partial charge on any atom is -0.481 e. The molecule has 2 saturated carbocycles. The van der Waals surface area contributed by atoms with E-state index < -0.39 is 5.97 Å². The lowest BCUT2D eigenvalue weighted by Crippen LogP contribution is -2.48. The molecular weight excluding hydrogens is 212 g/mol. The second-order valence-electron chi connectivity index (χ2n) is 7.36. The van der Waals surface area contributed by atoms with Crippen molar-refractivity contribution in [3.8, 4) is 0 Å². The first kappa shape index (κ1) is 11.3. The van der Waals surface area contributed by atoms with Crippen molar-refractivity contribution < 1.29 is 9.90 Å². The lowest BCUT2D eigenvalue weighted by Gasteiger charge is -2.57. The third-order valence-corrected chi connectivity index (χ3v) is 5.96. The van der Waals surface area contributed by atoms with Gasteiger partial charge < -0.3 is 5.11 Å². The number of hydrogen-bond donors (Lipinski definition) is 1. The van der Waals surface area contributed by atoms with Crippen molar-refractivity contribution >= 4 is 5.97 Å². The maximum Gasteiger partial charge on any atom is 0.307 e. The van der Waals surface area contributed by atoms with Crippen LogP contribution in [0.2, 0.25) is 0 Å². The number of aliphatic carboxylic acids is 1. The van der Waals surface area contributed by atoms with E-state index in [4.69, 9.17) is 0 Å². The third kappa shape index (κ3) is 1.24. The van der Waals surface area contributed by atoms with E-state index >= 15 is 0 Å². The molecule has 0 aliphatic heterocycles. The highest BCUT2D eigenvalue weighted by molar-refractivity contribution is 5.76. The van der Waals surface area contributed by atoms with E-state index in [1.807, 2.05) is 0 Å². The van der Waals surface area contributed by atoms with E-state index in [2.05, 4.69) is 33.8 Å². The number of carboxylic acids is 1. The smallest absolute Gasteiger partial charge is 0.307 e. The molecule has 0 aromatic rings. The maximum atomic E-state index is 11.3. The SMILES string of the molecule is CC1(C)C2CC=C(C3C(C(=O)O)C3(C)C)C1C2. The molecule has 0 aromatic heterocycles. The van der Waals surface area contributed by atoms with Crippen LogP contribution in [0, 0.1) is 34.5 Å². The molecule has 0 spiro atoms. The molecule has 2 nitrogen and oxygen atoms in total. The predicted molar refractivity (Wildman–Crippen MR) is 66.5 cm³/mol. The molecule has 1 N–H and O–H groups in total. The minimum atomic E-state index is -0.611. The zero-order valence-corrected chi connectivity index (χ0v) is 11.2. The molecule has 2 bridgehead atoms. The van der Waals surface area contributed by atoms with Crippen LogP contribution in [0.5, 0.6) is 0 Å². The number of hydrogen-bond acceptors (Lipinski definition) is 1. The van der Waals surface area contributed by atoms with Gasteiger partial charge in [0.1, 0.15) is 0 Å². The Kier molecular flexibility index (Phi) is 1.97. The molecule has 2 fully saturated rings. The van der Waals surface area contributed by atoms with Gasteiger partial charge in [-0.1, -0.05) is 39.3 Å². The normalized spacial score (nSPS) is 44.6. The van der Waals surface area contributed by atoms with Gasteiger partial charge in [-0.2, -0.15) is 0 Å². The van der Waals surface area contributed by atoms with Crippen molar-refractivity contribution in [2.75, 3.05) is 0 Å². The number of fused-ring (bicyclic) bond motifs is 1. The number of carboxylic acid groups (broad SMARTS) is 1. The Balaban J connectivity index is 1.88. The van der Waals surface area contributed by atoms with Crippen LogP contribution < -0.4 is 0 Å². The highest BCUT2D eigenvalue weighted by Gasteiger charge is 2.67. The summed E-state index contributed by atoms with van der Waals surface area (Å²) in [5, 5.41) is 9.29. The first-order chi connectivity index (χ1) is 7.78. The summed E-state index contributed by atoms with van der Waals surface area (Å²) in [7, 11) is 0. The maximum absolute atomic E-state index is 11.3. The van der Waals surface area contributed by atoms with Crippen LogP contribution in [0.25, 0.3) is 0 Å². The van der Waals surface area contributed by atoms with Crippen LogP contribution >= 0.6 is 0 Å². The van der Waals surface area contributed by atoms with E-state index in [9.17, 15) is 9.90 Å². The summed E-state index contributed by atoms with van der Waals surface area (Å²) < 4.78 is 0. The van der Waals surface area contributed by atoms with Gasteiger partial charge in [-0.05, 0) is 41.4 Å². The second-order valence-corrected chi connectivity index (χ2v) is 7.36. The van der Waals surface area contributed by atoms with Crippen molar-refractivity contribution in [1.82, 2.24) is 0 Å². The van der Waals surface area contributed by atoms with Crippen LogP contribution in [-0.4, -0.2) is 11.1 Å². The van der Waals surface area contributed by atoms with Gasteiger partial charge in [0.15, 0.2) is 0 Å². The Morgan fingerprint density at radius 2 is 1.94 bits per heavy atom. The Morgan fingerprint density at radius 3 is 2.35 bits per heavy atom. The van der Waals surface area contributed by atoms with E-state index in [0.717, 1.165) is 12.3 Å². The summed E-state index contributed by atoms with van der Waals surface area (Å²) in [6.45, 7) is 8.91. The van der Waals surface area contributed by atoms with Gasteiger partial charge in [-0.15, -0.1) is 0 Å². The topological polar surface area (TPSA) is 37.3 Å². The van der Waals surface area contributed by atoms with Crippen molar-refractivity contribution in [3.05, 3.63) is 11.6 Å². The molecule has 0 amide bonds. The largest absolute Gasteiger partial charge is 0.481 e. The van der Waals surface area contributed by atoms with E-state index in [0.29, 0.717) is 17.3 Å². The van der Waals surface area contributed by atoms with Gasteiger partial charge in [0.2, 0.25) is 0 Å². The molecular formula is C15H22O2. The first-order valence-electron chi connectivity index (χ1n) is 6.70. The fourth-order valence-corrected chi connectivity index (χ4v) is 4.47. The average molecular weight is 234 g/mol. The van der Waals surface area contributed by atoms with Gasteiger partial charge in [-0.25, -0.2) is 0 Å². The van der Waals surface area contributed by atoms with E-state index in [-0.39, 0.29) is 11.3 Å². The third-order valence-electron chi connectivity index (χ3n) is 5.96. The molecule has 4 atom stereocenters. The monoisotopic (exact) mass is 234 g/mol.